The molecule has 2 aliphatic rings. The molecule has 2 fully saturated rings. The highest BCUT2D eigenvalue weighted by atomic mass is 16.5. The molecule has 0 spiro atoms. The van der Waals surface area contributed by atoms with Crippen molar-refractivity contribution in [3.8, 4) is 0 Å². The molecule has 0 atom stereocenters. The molecule has 1 aliphatic heterocycles. The Morgan fingerprint density at radius 2 is 1.74 bits per heavy atom. The van der Waals surface area contributed by atoms with Gasteiger partial charge >= 0.3 is 5.97 Å². The van der Waals surface area contributed by atoms with Crippen LogP contribution in [0.3, 0.4) is 0 Å². The number of esters is 1. The van der Waals surface area contributed by atoms with Crippen LogP contribution in [0.15, 0.2) is 35.4 Å². The number of amides is 1. The maximum absolute atomic E-state index is 13.0. The fraction of sp³-hybridized carbons (Fsp3) is 0.583. The number of carbonyl (C=O) groups is 2. The summed E-state index contributed by atoms with van der Waals surface area (Å²) in [6.45, 7) is 2.13. The molecule has 1 saturated heterocycles. The third-order valence-electron chi connectivity index (χ3n) is 6.99. The number of benzene rings is 1. The second-order valence-corrected chi connectivity index (χ2v) is 8.99. The first-order valence-corrected chi connectivity index (χ1v) is 11.3. The Morgan fingerprint density at radius 1 is 1.03 bits per heavy atom. The fourth-order valence-corrected chi connectivity index (χ4v) is 5.04. The third-order valence-corrected chi connectivity index (χ3v) is 6.99. The molecule has 1 aromatic heterocycles. The summed E-state index contributed by atoms with van der Waals surface area (Å²) in [5.41, 5.74) is 0.743. The Kier molecular flexibility index (Phi) is 6.68. The van der Waals surface area contributed by atoms with Crippen molar-refractivity contribution in [2.75, 3.05) is 20.2 Å². The minimum Gasteiger partial charge on any atom is -0.469 e. The van der Waals surface area contributed by atoms with Gasteiger partial charge in [0.1, 0.15) is 0 Å². The number of carbonyl (C=O) groups excluding carboxylic acids is 2. The fourth-order valence-electron chi connectivity index (χ4n) is 5.04. The summed E-state index contributed by atoms with van der Waals surface area (Å²) >= 11 is 0. The molecule has 1 amide bonds. The Labute approximate surface area is 182 Å². The van der Waals surface area contributed by atoms with Gasteiger partial charge in [-0.05, 0) is 62.5 Å². The van der Waals surface area contributed by atoms with Crippen molar-refractivity contribution in [3.63, 3.8) is 0 Å². The summed E-state index contributed by atoms with van der Waals surface area (Å²) in [5, 5.41) is 0.657. The summed E-state index contributed by atoms with van der Waals surface area (Å²) in [6.07, 6.45) is 7.50. The van der Waals surface area contributed by atoms with Gasteiger partial charge in [-0.1, -0.05) is 12.1 Å². The smallest absolute Gasteiger partial charge is 0.305 e. The van der Waals surface area contributed by atoms with Gasteiger partial charge in [0.25, 0.3) is 5.56 Å². The first kappa shape index (κ1) is 21.5. The molecule has 1 aromatic carbocycles. The maximum Gasteiger partial charge on any atom is 0.305 e. The van der Waals surface area contributed by atoms with Crippen LogP contribution in [-0.4, -0.2) is 46.5 Å². The molecule has 7 nitrogen and oxygen atoms in total. The SMILES string of the molecule is COC(=O)CC1CCN(C(=O)C2CCC(Cn3cnc4ccccc4c3=O)CC2)CC1. The van der Waals surface area contributed by atoms with Crippen molar-refractivity contribution in [2.24, 2.45) is 17.8 Å². The van der Waals surface area contributed by atoms with Gasteiger partial charge in [0, 0.05) is 32.0 Å². The molecular formula is C24H31N3O4. The van der Waals surface area contributed by atoms with Crippen LogP contribution >= 0.6 is 0 Å². The van der Waals surface area contributed by atoms with Crippen molar-refractivity contribution >= 4 is 22.8 Å². The first-order valence-electron chi connectivity index (χ1n) is 11.3. The highest BCUT2D eigenvalue weighted by Crippen LogP contribution is 2.32. The lowest BCUT2D eigenvalue weighted by molar-refractivity contribution is -0.142. The number of aromatic nitrogens is 2. The Morgan fingerprint density at radius 3 is 2.45 bits per heavy atom. The lowest BCUT2D eigenvalue weighted by Crippen LogP contribution is -2.43. The Hall–Kier alpha value is -2.70. The minimum absolute atomic E-state index is 0.0126. The molecule has 0 bridgehead atoms. The van der Waals surface area contributed by atoms with Crippen LogP contribution in [0, 0.1) is 17.8 Å². The highest BCUT2D eigenvalue weighted by Gasteiger charge is 2.32. The van der Waals surface area contributed by atoms with E-state index in [1.54, 1.807) is 10.9 Å². The van der Waals surface area contributed by atoms with Gasteiger partial charge in [0.15, 0.2) is 0 Å². The number of piperidine rings is 1. The van der Waals surface area contributed by atoms with Gasteiger partial charge < -0.3 is 9.64 Å². The predicted octanol–water partition coefficient (Wildman–Crippen LogP) is 3.00. The van der Waals surface area contributed by atoms with Crippen molar-refractivity contribution < 1.29 is 14.3 Å². The Balaban J connectivity index is 1.27. The monoisotopic (exact) mass is 425 g/mol. The van der Waals surface area contributed by atoms with E-state index in [9.17, 15) is 14.4 Å². The zero-order valence-electron chi connectivity index (χ0n) is 18.2. The molecule has 1 saturated carbocycles. The molecular weight excluding hydrogens is 394 g/mol. The summed E-state index contributed by atoms with van der Waals surface area (Å²) in [5.74, 6) is 0.903. The summed E-state index contributed by atoms with van der Waals surface area (Å²) < 4.78 is 6.48. The van der Waals surface area contributed by atoms with E-state index in [4.69, 9.17) is 4.74 Å². The van der Waals surface area contributed by atoms with E-state index >= 15 is 0 Å². The molecule has 31 heavy (non-hydrogen) atoms. The van der Waals surface area contributed by atoms with Gasteiger partial charge in [-0.3, -0.25) is 19.0 Å². The first-order chi connectivity index (χ1) is 15.0. The van der Waals surface area contributed by atoms with Gasteiger partial charge in [-0.15, -0.1) is 0 Å². The molecule has 2 aromatic rings. The lowest BCUT2D eigenvalue weighted by Gasteiger charge is -2.36. The van der Waals surface area contributed by atoms with E-state index < -0.39 is 0 Å². The second-order valence-electron chi connectivity index (χ2n) is 8.99. The van der Waals surface area contributed by atoms with E-state index in [-0.39, 0.29) is 23.4 Å². The van der Waals surface area contributed by atoms with Crippen LogP contribution in [0.2, 0.25) is 0 Å². The van der Waals surface area contributed by atoms with Crippen LogP contribution in [0.5, 0.6) is 0 Å². The lowest BCUT2D eigenvalue weighted by atomic mass is 9.80. The predicted molar refractivity (Wildman–Crippen MR) is 117 cm³/mol. The Bertz CT molecular complexity index is 986. The van der Waals surface area contributed by atoms with Crippen LogP contribution < -0.4 is 5.56 Å². The minimum atomic E-state index is -0.163. The van der Waals surface area contributed by atoms with Gasteiger partial charge in [0.2, 0.25) is 5.91 Å². The summed E-state index contributed by atoms with van der Waals surface area (Å²) in [7, 11) is 1.42. The van der Waals surface area contributed by atoms with E-state index in [0.29, 0.717) is 30.2 Å². The zero-order chi connectivity index (χ0) is 21.8. The van der Waals surface area contributed by atoms with Crippen molar-refractivity contribution in [3.05, 3.63) is 40.9 Å². The third kappa shape index (κ3) is 4.97. The van der Waals surface area contributed by atoms with Crippen LogP contribution in [0.4, 0.5) is 0 Å². The number of methoxy groups -OCH3 is 1. The number of nitrogens with zero attached hydrogens (tertiary/aromatic N) is 3. The van der Waals surface area contributed by atoms with E-state index in [1.807, 2.05) is 29.2 Å². The van der Waals surface area contributed by atoms with E-state index in [2.05, 4.69) is 4.98 Å². The van der Waals surface area contributed by atoms with Crippen molar-refractivity contribution in [1.29, 1.82) is 0 Å². The molecule has 2 heterocycles. The summed E-state index contributed by atoms with van der Waals surface area (Å²) in [4.78, 5) is 43.6. The number of hydrogen-bond acceptors (Lipinski definition) is 5. The largest absolute Gasteiger partial charge is 0.469 e. The number of para-hydroxylation sites is 1. The average molecular weight is 426 g/mol. The summed E-state index contributed by atoms with van der Waals surface area (Å²) in [6, 6.07) is 7.44. The molecule has 0 N–H and O–H groups in total. The van der Waals surface area contributed by atoms with Crippen LogP contribution in [0.25, 0.3) is 10.9 Å². The molecule has 0 unspecified atom stereocenters. The molecule has 0 radical (unpaired) electrons. The molecule has 1 aliphatic carbocycles. The quantitative estimate of drug-likeness (QED) is 0.688. The highest BCUT2D eigenvalue weighted by molar-refractivity contribution is 5.79. The maximum atomic E-state index is 13.0. The van der Waals surface area contributed by atoms with Crippen molar-refractivity contribution in [2.45, 2.75) is 51.5 Å². The molecule has 4 rings (SSSR count). The second kappa shape index (κ2) is 9.62. The number of fused-ring (bicyclic) bond motifs is 1. The zero-order valence-corrected chi connectivity index (χ0v) is 18.2. The topological polar surface area (TPSA) is 81.5 Å². The standard InChI is InChI=1S/C24H31N3O4/c1-31-22(28)14-17-10-12-26(13-11-17)23(29)19-8-6-18(7-9-19)15-27-16-25-21-5-3-2-4-20(21)24(27)30/h2-5,16-19H,6-15H2,1H3. The normalized spacial score (nSPS) is 22.4. The van der Waals surface area contributed by atoms with Crippen LogP contribution in [0.1, 0.15) is 44.9 Å². The number of ether oxygens (including phenoxy) is 1. The number of rotatable bonds is 5. The average Bonchev–Trinajstić information content (AvgIpc) is 2.81. The van der Waals surface area contributed by atoms with Crippen molar-refractivity contribution in [1.82, 2.24) is 14.5 Å². The number of hydrogen-bond donors (Lipinski definition) is 0. The van der Waals surface area contributed by atoms with Gasteiger partial charge in [0.05, 0.1) is 24.3 Å². The van der Waals surface area contributed by atoms with Crippen LogP contribution in [-0.2, 0) is 20.9 Å². The molecule has 7 heteroatoms. The molecule has 166 valence electrons. The van der Waals surface area contributed by atoms with E-state index in [1.165, 1.54) is 7.11 Å². The van der Waals surface area contributed by atoms with Gasteiger partial charge in [-0.25, -0.2) is 4.98 Å². The number of likely N-dealkylation sites (tertiary alicyclic amines) is 1. The van der Waals surface area contributed by atoms with E-state index in [0.717, 1.165) is 57.1 Å². The van der Waals surface area contributed by atoms with Gasteiger partial charge in [-0.2, -0.15) is 0 Å².